The van der Waals surface area contributed by atoms with E-state index < -0.39 is 0 Å². The van der Waals surface area contributed by atoms with Gasteiger partial charge in [-0.25, -0.2) is 4.98 Å². The predicted molar refractivity (Wildman–Crippen MR) is 73.7 cm³/mol. The van der Waals surface area contributed by atoms with E-state index in [1.807, 2.05) is 19.2 Å². The number of nitrogens with one attached hydrogen (secondary N) is 1. The molecular formula is C13H17N3OS. The summed E-state index contributed by atoms with van der Waals surface area (Å²) in [6, 6.07) is 4.07. The molecule has 0 amide bonds. The number of hydrogen-bond acceptors (Lipinski definition) is 5. The van der Waals surface area contributed by atoms with Crippen LogP contribution < -0.4 is 5.32 Å². The summed E-state index contributed by atoms with van der Waals surface area (Å²) in [6.07, 6.45) is 1.87. The average Bonchev–Trinajstić information content (AvgIpc) is 2.84. The van der Waals surface area contributed by atoms with E-state index >= 15 is 0 Å². The number of thiazole rings is 1. The van der Waals surface area contributed by atoms with Crippen LogP contribution in [0.1, 0.15) is 11.4 Å². The van der Waals surface area contributed by atoms with Crippen LogP contribution in [0.5, 0.6) is 0 Å². The third kappa shape index (κ3) is 3.60. The molecule has 0 radical (unpaired) electrons. The Morgan fingerprint density at radius 3 is 3.00 bits per heavy atom. The summed E-state index contributed by atoms with van der Waals surface area (Å²) in [5, 5.41) is 6.38. The number of nitrogens with zero attached hydrogens (tertiary/aromatic N) is 2. The Morgan fingerprint density at radius 2 is 2.28 bits per heavy atom. The second-order valence-electron chi connectivity index (χ2n) is 4.00. The molecule has 1 N–H and O–H groups in total. The maximum absolute atomic E-state index is 4.98. The van der Waals surface area contributed by atoms with Crippen LogP contribution >= 0.6 is 11.3 Å². The minimum absolute atomic E-state index is 0.721. The first-order chi connectivity index (χ1) is 8.79. The molecule has 2 heterocycles. The van der Waals surface area contributed by atoms with Gasteiger partial charge in [-0.15, -0.1) is 11.3 Å². The van der Waals surface area contributed by atoms with Crippen LogP contribution in [-0.2, 0) is 11.3 Å². The van der Waals surface area contributed by atoms with E-state index in [0.29, 0.717) is 0 Å². The average molecular weight is 263 g/mol. The molecule has 2 aromatic rings. The Labute approximate surface area is 111 Å². The number of hydrogen-bond donors (Lipinski definition) is 1. The Bertz CT molecular complexity index is 481. The fraction of sp³-hybridized carbons (Fsp3) is 0.385. The number of ether oxygens (including phenoxy) is 1. The maximum Gasteiger partial charge on any atom is 0.125 e. The molecule has 0 saturated heterocycles. The van der Waals surface area contributed by atoms with Crippen molar-refractivity contribution in [2.45, 2.75) is 13.5 Å². The number of aromatic nitrogens is 2. The second-order valence-corrected chi connectivity index (χ2v) is 4.86. The van der Waals surface area contributed by atoms with E-state index in [4.69, 9.17) is 4.74 Å². The van der Waals surface area contributed by atoms with E-state index in [-0.39, 0.29) is 0 Å². The van der Waals surface area contributed by atoms with Crippen LogP contribution in [0.15, 0.2) is 23.7 Å². The van der Waals surface area contributed by atoms with Crippen LogP contribution in [0.25, 0.3) is 10.6 Å². The summed E-state index contributed by atoms with van der Waals surface area (Å²) in [6.45, 7) is 4.32. The lowest BCUT2D eigenvalue weighted by Crippen LogP contribution is -2.18. The topological polar surface area (TPSA) is 47.0 Å². The molecule has 2 aromatic heterocycles. The van der Waals surface area contributed by atoms with Gasteiger partial charge in [0.25, 0.3) is 0 Å². The third-order valence-electron chi connectivity index (χ3n) is 2.50. The van der Waals surface area contributed by atoms with Gasteiger partial charge in [-0.1, -0.05) is 0 Å². The summed E-state index contributed by atoms with van der Waals surface area (Å²) in [5.74, 6) is 0. The zero-order chi connectivity index (χ0) is 12.8. The van der Waals surface area contributed by atoms with Crippen molar-refractivity contribution in [1.29, 1.82) is 0 Å². The Balaban J connectivity index is 1.95. The van der Waals surface area contributed by atoms with Crippen molar-refractivity contribution in [3.05, 3.63) is 35.1 Å². The molecule has 0 fully saturated rings. The van der Waals surface area contributed by atoms with Crippen molar-refractivity contribution in [3.8, 4) is 10.6 Å². The maximum atomic E-state index is 4.98. The van der Waals surface area contributed by atoms with E-state index in [1.54, 1.807) is 18.4 Å². The molecule has 0 aliphatic heterocycles. The first-order valence-corrected chi connectivity index (χ1v) is 6.74. The highest BCUT2D eigenvalue weighted by Gasteiger charge is 2.04. The molecule has 0 aliphatic rings. The number of rotatable bonds is 6. The molecule has 0 unspecified atom stereocenters. The van der Waals surface area contributed by atoms with Crippen molar-refractivity contribution >= 4 is 11.3 Å². The van der Waals surface area contributed by atoms with E-state index in [2.05, 4.69) is 26.7 Å². The van der Waals surface area contributed by atoms with Gasteiger partial charge in [-0.05, 0) is 19.1 Å². The minimum atomic E-state index is 0.721. The Kier molecular flexibility index (Phi) is 4.81. The smallest absolute Gasteiger partial charge is 0.125 e. The lowest BCUT2D eigenvalue weighted by Gasteiger charge is -2.00. The summed E-state index contributed by atoms with van der Waals surface area (Å²) < 4.78 is 4.98. The van der Waals surface area contributed by atoms with Crippen LogP contribution in [0.3, 0.4) is 0 Å². The molecule has 0 spiro atoms. The highest BCUT2D eigenvalue weighted by molar-refractivity contribution is 7.13. The third-order valence-corrected chi connectivity index (χ3v) is 3.44. The van der Waals surface area contributed by atoms with Gasteiger partial charge in [0.05, 0.1) is 12.3 Å². The molecule has 0 aliphatic carbocycles. The Hall–Kier alpha value is -1.30. The first kappa shape index (κ1) is 13.1. The van der Waals surface area contributed by atoms with Crippen molar-refractivity contribution in [2.75, 3.05) is 20.3 Å². The first-order valence-electron chi connectivity index (χ1n) is 5.86. The molecular weight excluding hydrogens is 246 g/mol. The lowest BCUT2D eigenvalue weighted by atomic mass is 10.3. The van der Waals surface area contributed by atoms with Gasteiger partial charge >= 0.3 is 0 Å². The van der Waals surface area contributed by atoms with Gasteiger partial charge in [-0.2, -0.15) is 0 Å². The van der Waals surface area contributed by atoms with Crippen LogP contribution in [0.4, 0.5) is 0 Å². The molecule has 0 aromatic carbocycles. The standard InChI is InChI=1S/C13H17N3OS/c1-10-3-4-11(7-15-10)13-16-12(9-18-13)8-14-5-6-17-2/h3-4,7,9,14H,5-6,8H2,1-2H3. The van der Waals surface area contributed by atoms with Gasteiger partial charge in [-0.3, -0.25) is 4.98 Å². The van der Waals surface area contributed by atoms with Gasteiger partial charge < -0.3 is 10.1 Å². The quantitative estimate of drug-likeness (QED) is 0.812. The van der Waals surface area contributed by atoms with Gasteiger partial charge in [0, 0.05) is 43.0 Å². The van der Waals surface area contributed by atoms with Crippen molar-refractivity contribution < 1.29 is 4.74 Å². The van der Waals surface area contributed by atoms with E-state index in [0.717, 1.165) is 41.7 Å². The zero-order valence-corrected chi connectivity index (χ0v) is 11.5. The molecule has 18 heavy (non-hydrogen) atoms. The monoisotopic (exact) mass is 263 g/mol. The summed E-state index contributed by atoms with van der Waals surface area (Å²) in [4.78, 5) is 8.87. The number of aryl methyl sites for hydroxylation is 1. The van der Waals surface area contributed by atoms with Gasteiger partial charge in [0.1, 0.15) is 5.01 Å². The van der Waals surface area contributed by atoms with Gasteiger partial charge in [0.15, 0.2) is 0 Å². The second kappa shape index (κ2) is 6.58. The molecule has 0 bridgehead atoms. The normalized spacial score (nSPS) is 10.8. The molecule has 2 rings (SSSR count). The molecule has 96 valence electrons. The summed E-state index contributed by atoms with van der Waals surface area (Å²) >= 11 is 1.65. The molecule has 5 heteroatoms. The number of methoxy groups -OCH3 is 1. The van der Waals surface area contributed by atoms with Crippen molar-refractivity contribution in [2.24, 2.45) is 0 Å². The molecule has 0 atom stereocenters. The summed E-state index contributed by atoms with van der Waals surface area (Å²) in [5.41, 5.74) is 3.16. The molecule has 4 nitrogen and oxygen atoms in total. The highest BCUT2D eigenvalue weighted by Crippen LogP contribution is 2.22. The fourth-order valence-corrected chi connectivity index (χ4v) is 2.32. The van der Waals surface area contributed by atoms with Crippen molar-refractivity contribution in [3.63, 3.8) is 0 Å². The lowest BCUT2D eigenvalue weighted by molar-refractivity contribution is 0.199. The Morgan fingerprint density at radius 1 is 1.39 bits per heavy atom. The SMILES string of the molecule is COCCNCc1csc(-c2ccc(C)nc2)n1. The van der Waals surface area contributed by atoms with E-state index in [9.17, 15) is 0 Å². The van der Waals surface area contributed by atoms with E-state index in [1.165, 1.54) is 0 Å². The predicted octanol–water partition coefficient (Wildman–Crippen LogP) is 2.25. The number of pyridine rings is 1. The van der Waals surface area contributed by atoms with Crippen LogP contribution in [-0.4, -0.2) is 30.2 Å². The highest BCUT2D eigenvalue weighted by atomic mass is 32.1. The largest absolute Gasteiger partial charge is 0.383 e. The van der Waals surface area contributed by atoms with Gasteiger partial charge in [0.2, 0.25) is 0 Å². The summed E-state index contributed by atoms with van der Waals surface area (Å²) in [7, 11) is 1.70. The fourth-order valence-electron chi connectivity index (χ4n) is 1.51. The van der Waals surface area contributed by atoms with Crippen LogP contribution in [0.2, 0.25) is 0 Å². The molecule has 0 saturated carbocycles. The van der Waals surface area contributed by atoms with Crippen molar-refractivity contribution in [1.82, 2.24) is 15.3 Å². The zero-order valence-electron chi connectivity index (χ0n) is 10.6. The minimum Gasteiger partial charge on any atom is -0.383 e. The van der Waals surface area contributed by atoms with Crippen LogP contribution in [0, 0.1) is 6.92 Å².